The van der Waals surface area contributed by atoms with Crippen LogP contribution >= 0.6 is 22.9 Å². The maximum absolute atomic E-state index is 12.5. The molecule has 0 unspecified atom stereocenters. The quantitative estimate of drug-likeness (QED) is 0.342. The SMILES string of the molecule is O=C(Nc1cccc(-c2nc3ccccc3s2)c1)c1ccc(Cl)c([N+](=O)[O-])c1. The number of rotatable bonds is 4. The summed E-state index contributed by atoms with van der Waals surface area (Å²) in [5.74, 6) is -0.457. The average molecular weight is 410 g/mol. The highest BCUT2D eigenvalue weighted by Gasteiger charge is 2.16. The number of nitrogens with zero attached hydrogens (tertiary/aromatic N) is 2. The number of nitrogens with one attached hydrogen (secondary N) is 1. The van der Waals surface area contributed by atoms with E-state index in [1.165, 1.54) is 12.1 Å². The molecule has 0 radical (unpaired) electrons. The molecule has 0 spiro atoms. The minimum atomic E-state index is -0.618. The van der Waals surface area contributed by atoms with E-state index in [1.807, 2.05) is 42.5 Å². The second kappa shape index (κ2) is 7.38. The van der Waals surface area contributed by atoms with Crippen molar-refractivity contribution in [3.05, 3.63) is 87.4 Å². The molecule has 1 aromatic heterocycles. The van der Waals surface area contributed by atoms with Crippen LogP contribution in [0.2, 0.25) is 5.02 Å². The van der Waals surface area contributed by atoms with Crippen molar-refractivity contribution in [3.63, 3.8) is 0 Å². The number of carbonyl (C=O) groups excluding carboxylic acids is 1. The molecule has 1 N–H and O–H groups in total. The van der Waals surface area contributed by atoms with Gasteiger partial charge in [-0.1, -0.05) is 35.9 Å². The van der Waals surface area contributed by atoms with E-state index < -0.39 is 10.8 Å². The number of hydrogen-bond acceptors (Lipinski definition) is 5. The van der Waals surface area contributed by atoms with E-state index in [9.17, 15) is 14.9 Å². The summed E-state index contributed by atoms with van der Waals surface area (Å²) in [5, 5.41) is 14.6. The van der Waals surface area contributed by atoms with E-state index in [2.05, 4.69) is 10.3 Å². The Labute approximate surface area is 168 Å². The lowest BCUT2D eigenvalue weighted by Crippen LogP contribution is -2.12. The minimum Gasteiger partial charge on any atom is -0.322 e. The maximum Gasteiger partial charge on any atom is 0.288 e. The van der Waals surface area contributed by atoms with Crippen molar-refractivity contribution < 1.29 is 9.72 Å². The number of anilines is 1. The molecule has 0 aliphatic carbocycles. The van der Waals surface area contributed by atoms with Crippen molar-refractivity contribution in [2.24, 2.45) is 0 Å². The van der Waals surface area contributed by atoms with Crippen LogP contribution in [0.15, 0.2) is 66.7 Å². The molecule has 4 rings (SSSR count). The van der Waals surface area contributed by atoms with Crippen LogP contribution in [0.1, 0.15) is 10.4 Å². The van der Waals surface area contributed by atoms with Crippen LogP contribution in [0.4, 0.5) is 11.4 Å². The number of nitro groups is 1. The Bertz CT molecular complexity index is 1190. The van der Waals surface area contributed by atoms with Crippen molar-refractivity contribution in [1.82, 2.24) is 4.98 Å². The molecule has 0 saturated carbocycles. The second-order valence-corrected chi connectivity index (χ2v) is 7.38. The maximum atomic E-state index is 12.5. The third-order valence-electron chi connectivity index (χ3n) is 4.07. The molecule has 6 nitrogen and oxygen atoms in total. The first-order valence-electron chi connectivity index (χ1n) is 8.22. The topological polar surface area (TPSA) is 85.1 Å². The van der Waals surface area contributed by atoms with E-state index in [-0.39, 0.29) is 16.3 Å². The number of nitro benzene ring substituents is 1. The molecule has 8 heteroatoms. The summed E-state index contributed by atoms with van der Waals surface area (Å²) in [6.07, 6.45) is 0. The minimum absolute atomic E-state index is 0.0145. The lowest BCUT2D eigenvalue weighted by Gasteiger charge is -2.07. The average Bonchev–Trinajstić information content (AvgIpc) is 3.12. The summed E-state index contributed by atoms with van der Waals surface area (Å²) in [7, 11) is 0. The van der Waals surface area contributed by atoms with Gasteiger partial charge in [-0.05, 0) is 36.4 Å². The van der Waals surface area contributed by atoms with Gasteiger partial charge in [0, 0.05) is 22.9 Å². The van der Waals surface area contributed by atoms with Gasteiger partial charge in [0.2, 0.25) is 0 Å². The fourth-order valence-corrected chi connectivity index (χ4v) is 3.87. The summed E-state index contributed by atoms with van der Waals surface area (Å²) in [5.41, 5.74) is 2.21. The van der Waals surface area contributed by atoms with E-state index >= 15 is 0 Å². The number of amides is 1. The molecule has 138 valence electrons. The number of halogens is 1. The summed E-state index contributed by atoms with van der Waals surface area (Å²) in [4.78, 5) is 27.5. The molecule has 28 heavy (non-hydrogen) atoms. The first-order chi connectivity index (χ1) is 13.5. The summed E-state index contributed by atoms with van der Waals surface area (Å²) < 4.78 is 1.08. The van der Waals surface area contributed by atoms with Crippen LogP contribution in [0.5, 0.6) is 0 Å². The van der Waals surface area contributed by atoms with Gasteiger partial charge in [-0.15, -0.1) is 11.3 Å². The molecular formula is C20H12ClN3O3S. The lowest BCUT2D eigenvalue weighted by molar-refractivity contribution is -0.384. The predicted molar refractivity (Wildman–Crippen MR) is 111 cm³/mol. The van der Waals surface area contributed by atoms with Crippen molar-refractivity contribution in [1.29, 1.82) is 0 Å². The van der Waals surface area contributed by atoms with Gasteiger partial charge in [0.1, 0.15) is 10.0 Å². The van der Waals surface area contributed by atoms with Gasteiger partial charge in [-0.3, -0.25) is 14.9 Å². The molecule has 1 amide bonds. The molecule has 0 fully saturated rings. The van der Waals surface area contributed by atoms with Crippen LogP contribution in [-0.4, -0.2) is 15.8 Å². The Balaban J connectivity index is 1.60. The van der Waals surface area contributed by atoms with Crippen molar-refractivity contribution >= 4 is 50.4 Å². The van der Waals surface area contributed by atoms with Crippen LogP contribution in [0.3, 0.4) is 0 Å². The van der Waals surface area contributed by atoms with E-state index in [0.29, 0.717) is 5.69 Å². The third kappa shape index (κ3) is 3.58. The van der Waals surface area contributed by atoms with Crippen LogP contribution in [-0.2, 0) is 0 Å². The van der Waals surface area contributed by atoms with Gasteiger partial charge in [0.25, 0.3) is 11.6 Å². The third-order valence-corrected chi connectivity index (χ3v) is 5.47. The Hall–Kier alpha value is -3.29. The molecular weight excluding hydrogens is 398 g/mol. The van der Waals surface area contributed by atoms with Crippen LogP contribution < -0.4 is 5.32 Å². The van der Waals surface area contributed by atoms with Gasteiger partial charge in [0.15, 0.2) is 0 Å². The van der Waals surface area contributed by atoms with Gasteiger partial charge < -0.3 is 5.32 Å². The number of para-hydroxylation sites is 1. The Kier molecular flexibility index (Phi) is 4.77. The fourth-order valence-electron chi connectivity index (χ4n) is 2.72. The van der Waals surface area contributed by atoms with Gasteiger partial charge >= 0.3 is 0 Å². The largest absolute Gasteiger partial charge is 0.322 e. The lowest BCUT2D eigenvalue weighted by atomic mass is 10.1. The van der Waals surface area contributed by atoms with E-state index in [0.717, 1.165) is 26.9 Å². The number of thiazole rings is 1. The number of aromatic nitrogens is 1. The zero-order chi connectivity index (χ0) is 19.7. The summed E-state index contributed by atoms with van der Waals surface area (Å²) >= 11 is 7.37. The number of carbonyl (C=O) groups is 1. The Morgan fingerprint density at radius 3 is 2.68 bits per heavy atom. The molecule has 3 aromatic carbocycles. The van der Waals surface area contributed by atoms with Crippen LogP contribution in [0.25, 0.3) is 20.8 Å². The van der Waals surface area contributed by atoms with Crippen molar-refractivity contribution in [3.8, 4) is 10.6 Å². The Morgan fingerprint density at radius 1 is 1.07 bits per heavy atom. The normalized spacial score (nSPS) is 10.8. The molecule has 0 aliphatic heterocycles. The standard InChI is InChI=1S/C20H12ClN3O3S/c21-15-9-8-12(11-17(15)24(26)27)19(25)22-14-5-3-4-13(10-14)20-23-16-6-1-2-7-18(16)28-20/h1-11H,(H,22,25). The number of benzene rings is 3. The molecule has 0 saturated heterocycles. The second-order valence-electron chi connectivity index (χ2n) is 5.94. The van der Waals surface area contributed by atoms with E-state index in [4.69, 9.17) is 11.6 Å². The van der Waals surface area contributed by atoms with Crippen LogP contribution in [0, 0.1) is 10.1 Å². The monoisotopic (exact) mass is 409 g/mol. The first kappa shape index (κ1) is 18.1. The smallest absolute Gasteiger partial charge is 0.288 e. The number of fused-ring (bicyclic) bond motifs is 1. The molecule has 0 bridgehead atoms. The molecule has 4 aromatic rings. The highest BCUT2D eigenvalue weighted by molar-refractivity contribution is 7.21. The zero-order valence-corrected chi connectivity index (χ0v) is 15.8. The van der Waals surface area contributed by atoms with Gasteiger partial charge in [-0.25, -0.2) is 4.98 Å². The zero-order valence-electron chi connectivity index (χ0n) is 14.3. The Morgan fingerprint density at radius 2 is 1.89 bits per heavy atom. The van der Waals surface area contributed by atoms with Crippen molar-refractivity contribution in [2.45, 2.75) is 0 Å². The fraction of sp³-hybridized carbons (Fsp3) is 0. The van der Waals surface area contributed by atoms with Gasteiger partial charge in [0.05, 0.1) is 15.1 Å². The van der Waals surface area contributed by atoms with Gasteiger partial charge in [-0.2, -0.15) is 0 Å². The highest BCUT2D eigenvalue weighted by atomic mass is 35.5. The summed E-state index contributed by atoms with van der Waals surface area (Å²) in [6.45, 7) is 0. The molecule has 0 aliphatic rings. The van der Waals surface area contributed by atoms with E-state index in [1.54, 1.807) is 17.4 Å². The predicted octanol–water partition coefficient (Wildman–Crippen LogP) is 5.78. The molecule has 0 atom stereocenters. The first-order valence-corrected chi connectivity index (χ1v) is 9.42. The number of hydrogen-bond donors (Lipinski definition) is 1. The molecule has 1 heterocycles. The summed E-state index contributed by atoms with van der Waals surface area (Å²) in [6, 6.07) is 19.1. The highest BCUT2D eigenvalue weighted by Crippen LogP contribution is 2.31. The van der Waals surface area contributed by atoms with Crippen molar-refractivity contribution in [2.75, 3.05) is 5.32 Å².